The van der Waals surface area contributed by atoms with Crippen molar-refractivity contribution in [3.63, 3.8) is 0 Å². The van der Waals surface area contributed by atoms with Gasteiger partial charge >= 0.3 is 0 Å². The Morgan fingerprint density at radius 1 is 0.968 bits per heavy atom. The van der Waals surface area contributed by atoms with Crippen molar-refractivity contribution in [1.82, 2.24) is 0 Å². The summed E-state index contributed by atoms with van der Waals surface area (Å²) in [6, 6.07) is 13.4. The lowest BCUT2D eigenvalue weighted by Gasteiger charge is -2.11. The molecule has 0 amide bonds. The first-order chi connectivity index (χ1) is 14.6. The molecule has 1 N–H and O–H groups in total. The minimum absolute atomic E-state index is 0.338. The second kappa shape index (κ2) is 19.6. The predicted molar refractivity (Wildman–Crippen MR) is 142 cm³/mol. The van der Waals surface area contributed by atoms with Crippen LogP contribution in [0.25, 0.3) is 0 Å². The predicted octanol–water partition coefficient (Wildman–Crippen LogP) is 9.39. The summed E-state index contributed by atoms with van der Waals surface area (Å²) in [5.74, 6) is 2.16. The highest BCUT2D eigenvalue weighted by Crippen LogP contribution is 2.19. The van der Waals surface area contributed by atoms with Crippen molar-refractivity contribution in [2.24, 2.45) is 16.8 Å². The van der Waals surface area contributed by atoms with E-state index in [0.29, 0.717) is 5.75 Å². The van der Waals surface area contributed by atoms with Gasteiger partial charge in [-0.05, 0) is 87.8 Å². The van der Waals surface area contributed by atoms with Gasteiger partial charge in [0.2, 0.25) is 0 Å². The van der Waals surface area contributed by atoms with E-state index in [-0.39, 0.29) is 0 Å². The molecule has 1 unspecified atom stereocenters. The number of aliphatic imine (C=N–C) groups is 1. The Hall–Kier alpha value is -2.35. The number of hydrogen-bond acceptors (Lipinski definition) is 2. The van der Waals surface area contributed by atoms with Crippen molar-refractivity contribution in [2.75, 3.05) is 0 Å². The van der Waals surface area contributed by atoms with E-state index >= 15 is 0 Å². The highest BCUT2D eigenvalue weighted by molar-refractivity contribution is 5.62. The van der Waals surface area contributed by atoms with E-state index < -0.39 is 0 Å². The molecule has 2 aromatic rings. The maximum absolute atomic E-state index is 8.81. The first kappa shape index (κ1) is 30.8. The van der Waals surface area contributed by atoms with Gasteiger partial charge in [-0.3, -0.25) is 4.99 Å². The van der Waals surface area contributed by atoms with Gasteiger partial charge < -0.3 is 5.11 Å². The molecule has 31 heavy (non-hydrogen) atoms. The molecule has 0 saturated carbocycles. The minimum Gasteiger partial charge on any atom is -0.508 e. The Morgan fingerprint density at radius 2 is 1.55 bits per heavy atom. The van der Waals surface area contributed by atoms with Crippen molar-refractivity contribution < 1.29 is 5.11 Å². The maximum atomic E-state index is 8.81. The zero-order valence-corrected chi connectivity index (χ0v) is 21.6. The molecule has 2 rings (SSSR count). The highest BCUT2D eigenvalue weighted by atomic mass is 16.3. The Kier molecular flexibility index (Phi) is 19.5. The average Bonchev–Trinajstić information content (AvgIpc) is 2.66. The van der Waals surface area contributed by atoms with E-state index in [2.05, 4.69) is 71.3 Å². The van der Waals surface area contributed by atoms with Crippen molar-refractivity contribution in [3.05, 3.63) is 71.8 Å². The normalized spacial score (nSPS) is 10.8. The molecule has 0 radical (unpaired) electrons. The molecule has 0 aromatic heterocycles. The first-order valence-corrected chi connectivity index (χ1v) is 11.5. The third-order valence-corrected chi connectivity index (χ3v) is 4.29. The quantitative estimate of drug-likeness (QED) is 0.375. The molecule has 0 aliphatic rings. The topological polar surface area (TPSA) is 32.6 Å². The van der Waals surface area contributed by atoms with Crippen molar-refractivity contribution in [1.29, 1.82) is 0 Å². The monoisotopic (exact) mass is 425 g/mol. The van der Waals surface area contributed by atoms with Gasteiger partial charge in [-0.15, -0.1) is 6.58 Å². The Labute approximate surface area is 193 Å². The summed E-state index contributed by atoms with van der Waals surface area (Å²) >= 11 is 0. The molecule has 2 heteroatoms. The van der Waals surface area contributed by atoms with Gasteiger partial charge in [0.1, 0.15) is 5.75 Å². The molecule has 2 nitrogen and oxygen atoms in total. The molecule has 2 aromatic carbocycles. The number of benzene rings is 2. The maximum Gasteiger partial charge on any atom is 0.115 e. The van der Waals surface area contributed by atoms with Gasteiger partial charge in [0.15, 0.2) is 0 Å². The van der Waals surface area contributed by atoms with Crippen LogP contribution in [0.15, 0.2) is 60.1 Å². The number of phenolic OH excluding ortho intramolecular Hbond substituents is 1. The zero-order chi connectivity index (χ0) is 24.2. The third kappa shape index (κ3) is 19.4. The highest BCUT2D eigenvalue weighted by Gasteiger charge is 2.02. The molecule has 0 bridgehead atoms. The Morgan fingerprint density at radius 3 is 1.97 bits per heavy atom. The summed E-state index contributed by atoms with van der Waals surface area (Å²) in [5.41, 5.74) is 4.66. The number of allylic oxidation sites excluding steroid dienone is 1. The lowest BCUT2D eigenvalue weighted by molar-refractivity contribution is 0.412. The van der Waals surface area contributed by atoms with Crippen LogP contribution in [0.1, 0.15) is 77.5 Å². The number of aryl methyl sites for hydroxylation is 3. The van der Waals surface area contributed by atoms with Crippen LogP contribution in [-0.2, 0) is 0 Å². The molecule has 0 fully saturated rings. The van der Waals surface area contributed by atoms with Crippen LogP contribution in [0, 0.1) is 32.6 Å². The van der Waals surface area contributed by atoms with Gasteiger partial charge in [0, 0.05) is 6.21 Å². The fourth-order valence-corrected chi connectivity index (χ4v) is 3.04. The van der Waals surface area contributed by atoms with Crippen LogP contribution >= 0.6 is 0 Å². The smallest absolute Gasteiger partial charge is 0.115 e. The molecular formula is C29H47NO. The van der Waals surface area contributed by atoms with Crippen molar-refractivity contribution in [3.8, 4) is 5.75 Å². The van der Waals surface area contributed by atoms with E-state index in [1.807, 2.05) is 39.1 Å². The third-order valence-electron chi connectivity index (χ3n) is 4.29. The van der Waals surface area contributed by atoms with Gasteiger partial charge in [-0.1, -0.05) is 70.9 Å². The summed E-state index contributed by atoms with van der Waals surface area (Å²) in [6.07, 6.45) is 7.71. The van der Waals surface area contributed by atoms with Gasteiger partial charge in [-0.25, -0.2) is 0 Å². The largest absolute Gasteiger partial charge is 0.508 e. The lowest BCUT2D eigenvalue weighted by Crippen LogP contribution is -1.98. The van der Waals surface area contributed by atoms with Crippen LogP contribution in [0.2, 0.25) is 0 Å². The van der Waals surface area contributed by atoms with Crippen LogP contribution in [0.3, 0.4) is 0 Å². The number of rotatable bonds is 5. The number of nitrogens with zero attached hydrogens (tertiary/aromatic N) is 1. The minimum atomic E-state index is 0.338. The summed E-state index contributed by atoms with van der Waals surface area (Å²) in [5, 5.41) is 8.81. The molecule has 0 aliphatic carbocycles. The van der Waals surface area contributed by atoms with Crippen LogP contribution in [0.5, 0.6) is 5.75 Å². The first-order valence-electron chi connectivity index (χ1n) is 11.5. The van der Waals surface area contributed by atoms with E-state index in [4.69, 9.17) is 5.11 Å². The Balaban J connectivity index is 0. The second-order valence-corrected chi connectivity index (χ2v) is 8.45. The summed E-state index contributed by atoms with van der Waals surface area (Å²) in [4.78, 5) is 4.24. The average molecular weight is 426 g/mol. The van der Waals surface area contributed by atoms with Crippen molar-refractivity contribution in [2.45, 2.75) is 81.6 Å². The molecule has 1 atom stereocenters. The molecule has 0 heterocycles. The van der Waals surface area contributed by atoms with Crippen molar-refractivity contribution >= 4 is 11.9 Å². The summed E-state index contributed by atoms with van der Waals surface area (Å²) in [7, 11) is 0. The van der Waals surface area contributed by atoms with Crippen LogP contribution < -0.4 is 0 Å². The molecule has 0 aliphatic heterocycles. The molecular weight excluding hydrogens is 378 g/mol. The number of aromatic hydroxyl groups is 1. The van der Waals surface area contributed by atoms with E-state index in [9.17, 15) is 0 Å². The molecule has 174 valence electrons. The standard InChI is InChI=1S/C10H13N.C9H20.C7H8O.C3H6/c1-4-11-10-7-8(2)5-6-9(10)3;1-5-6-9(4)7-8(2)3;1-6-3-2-4-7(8)5-6;1-3-2/h4-7H,1-3H3;8-9H,5-7H2,1-4H3;2-5,8H,1H3;3H,1H2,2H3. The van der Waals surface area contributed by atoms with E-state index in [0.717, 1.165) is 23.1 Å². The number of hydrogen-bond donors (Lipinski definition) is 1. The summed E-state index contributed by atoms with van der Waals surface area (Å²) < 4.78 is 0. The Bertz CT molecular complexity index is 714. The summed E-state index contributed by atoms with van der Waals surface area (Å²) in [6.45, 7) is 22.5. The van der Waals surface area contributed by atoms with E-state index in [1.54, 1.807) is 18.2 Å². The van der Waals surface area contributed by atoms with Crippen LogP contribution in [0.4, 0.5) is 5.69 Å². The fraction of sp³-hybridized carbons (Fsp3) is 0.483. The van der Waals surface area contributed by atoms with Gasteiger partial charge in [0.05, 0.1) is 5.69 Å². The zero-order valence-electron chi connectivity index (χ0n) is 21.6. The lowest BCUT2D eigenvalue weighted by atomic mass is 9.95. The SMILES string of the molecule is C=CC.CC=Nc1cc(C)ccc1C.CCCC(C)CC(C)C.Cc1cccc(O)c1. The van der Waals surface area contributed by atoms with E-state index in [1.165, 1.54) is 30.4 Å². The number of phenols is 1. The molecule has 0 spiro atoms. The second-order valence-electron chi connectivity index (χ2n) is 8.45. The van der Waals surface area contributed by atoms with Gasteiger partial charge in [-0.2, -0.15) is 0 Å². The molecule has 0 saturated heterocycles. The van der Waals surface area contributed by atoms with Gasteiger partial charge in [0.25, 0.3) is 0 Å². The van der Waals surface area contributed by atoms with Crippen LogP contribution in [-0.4, -0.2) is 11.3 Å². The fourth-order valence-electron chi connectivity index (χ4n) is 3.04.